The maximum atomic E-state index is 11.3. The van der Waals surface area contributed by atoms with Gasteiger partial charge in [0.15, 0.2) is 0 Å². The van der Waals surface area contributed by atoms with Gasteiger partial charge in [0.2, 0.25) is 0 Å². The van der Waals surface area contributed by atoms with E-state index in [-0.39, 0.29) is 5.97 Å². The van der Waals surface area contributed by atoms with Crippen molar-refractivity contribution in [3.05, 3.63) is 0 Å². The molecule has 0 aliphatic carbocycles. The lowest BCUT2D eigenvalue weighted by Gasteiger charge is -2.22. The van der Waals surface area contributed by atoms with Crippen molar-refractivity contribution in [2.45, 2.75) is 38.6 Å². The van der Waals surface area contributed by atoms with Crippen LogP contribution in [0.2, 0.25) is 19.6 Å². The quantitative estimate of drug-likeness (QED) is 0.415. The Morgan fingerprint density at radius 2 is 2.20 bits per heavy atom. The summed E-state index contributed by atoms with van der Waals surface area (Å²) in [6, 6.07) is 0. The molecule has 0 saturated carbocycles. The maximum absolute atomic E-state index is 11.3. The average molecular weight is 226 g/mol. The van der Waals surface area contributed by atoms with Crippen molar-refractivity contribution in [2.24, 2.45) is 5.92 Å². The second-order valence-electron chi connectivity index (χ2n) is 4.88. The summed E-state index contributed by atoms with van der Waals surface area (Å²) < 4.78 is 4.89. The first-order valence-corrected chi connectivity index (χ1v) is 8.77. The van der Waals surface area contributed by atoms with Gasteiger partial charge in [-0.1, -0.05) is 25.6 Å². The molecule has 0 aromatic carbocycles. The molecule has 2 atom stereocenters. The molecule has 1 fully saturated rings. The van der Waals surface area contributed by atoms with Gasteiger partial charge in [-0.15, -0.1) is 5.54 Å². The molecule has 3 nitrogen and oxygen atoms in total. The molecule has 1 N–H and O–H groups in total. The Labute approximate surface area is 91.8 Å². The van der Waals surface area contributed by atoms with Crippen molar-refractivity contribution in [3.63, 3.8) is 0 Å². The van der Waals surface area contributed by atoms with Crippen LogP contribution in [0.25, 0.3) is 0 Å². The van der Waals surface area contributed by atoms with E-state index in [0.29, 0.717) is 13.0 Å². The number of rotatable bonds is 1. The number of aliphatic hydroxyl groups is 1. The lowest BCUT2D eigenvalue weighted by atomic mass is 9.96. The Kier molecular flexibility index (Phi) is 3.94. The summed E-state index contributed by atoms with van der Waals surface area (Å²) in [7, 11) is -1.48. The lowest BCUT2D eigenvalue weighted by molar-refractivity contribution is -0.156. The van der Waals surface area contributed by atoms with E-state index in [4.69, 9.17) is 4.74 Å². The second kappa shape index (κ2) is 4.82. The number of hydrogen-bond donors (Lipinski definition) is 1. The molecule has 4 heteroatoms. The molecule has 0 spiro atoms. The van der Waals surface area contributed by atoms with Crippen molar-refractivity contribution in [1.82, 2.24) is 0 Å². The Hall–Kier alpha value is -0.793. The van der Waals surface area contributed by atoms with E-state index in [9.17, 15) is 9.90 Å². The predicted octanol–water partition coefficient (Wildman–Crippen LogP) is 1.18. The molecule has 0 aromatic heterocycles. The number of cyclic esters (lactones) is 1. The largest absolute Gasteiger partial charge is 0.465 e. The first-order valence-electron chi connectivity index (χ1n) is 5.27. The van der Waals surface area contributed by atoms with Crippen LogP contribution in [0.5, 0.6) is 0 Å². The summed E-state index contributed by atoms with van der Waals surface area (Å²) in [6.07, 6.45) is 0.646. The normalized spacial score (nSPS) is 23.7. The summed E-state index contributed by atoms with van der Waals surface area (Å²) in [5.41, 5.74) is 3.07. The van der Waals surface area contributed by atoms with Crippen LogP contribution in [0.4, 0.5) is 0 Å². The highest BCUT2D eigenvalue weighted by atomic mass is 28.3. The van der Waals surface area contributed by atoms with Crippen LogP contribution in [-0.4, -0.2) is 31.9 Å². The number of carbonyl (C=O) groups excluding carboxylic acids is 1. The lowest BCUT2D eigenvalue weighted by Crippen LogP contribution is -2.33. The molecule has 0 amide bonds. The molecule has 0 unspecified atom stereocenters. The number of carbonyl (C=O) groups is 1. The van der Waals surface area contributed by atoms with E-state index in [0.717, 1.165) is 6.42 Å². The highest BCUT2D eigenvalue weighted by Gasteiger charge is 2.30. The van der Waals surface area contributed by atoms with Gasteiger partial charge in [0.05, 0.1) is 12.5 Å². The standard InChI is InChI=1S/C11H18O3Si/c1-15(2,3)8-6-10(12)9-5-4-7-14-11(9)13/h9-10,12H,4-5,7H2,1-3H3/t9-,10-/m0/s1. The third kappa shape index (κ3) is 4.06. The van der Waals surface area contributed by atoms with Crippen molar-refractivity contribution in [1.29, 1.82) is 0 Å². The van der Waals surface area contributed by atoms with Crippen LogP contribution >= 0.6 is 0 Å². The van der Waals surface area contributed by atoms with Gasteiger partial charge in [-0.3, -0.25) is 4.79 Å². The predicted molar refractivity (Wildman–Crippen MR) is 60.8 cm³/mol. The zero-order valence-electron chi connectivity index (χ0n) is 9.54. The summed E-state index contributed by atoms with van der Waals surface area (Å²) in [5.74, 6) is 2.04. The zero-order chi connectivity index (χ0) is 11.5. The molecule has 1 aliphatic heterocycles. The van der Waals surface area contributed by atoms with E-state index < -0.39 is 20.1 Å². The van der Waals surface area contributed by atoms with E-state index in [2.05, 4.69) is 31.1 Å². The van der Waals surface area contributed by atoms with Crippen molar-refractivity contribution < 1.29 is 14.6 Å². The topological polar surface area (TPSA) is 46.5 Å². The molecular formula is C11H18O3Si. The summed E-state index contributed by atoms with van der Waals surface area (Å²) in [5, 5.41) is 9.76. The van der Waals surface area contributed by atoms with Gasteiger partial charge in [-0.05, 0) is 12.8 Å². The number of hydrogen-bond acceptors (Lipinski definition) is 3. The van der Waals surface area contributed by atoms with Gasteiger partial charge >= 0.3 is 5.97 Å². The number of esters is 1. The summed E-state index contributed by atoms with van der Waals surface area (Å²) in [6.45, 7) is 6.78. The van der Waals surface area contributed by atoms with Gasteiger partial charge in [-0.2, -0.15) is 0 Å². The molecule has 1 saturated heterocycles. The van der Waals surface area contributed by atoms with Gasteiger partial charge < -0.3 is 9.84 Å². The first-order chi connectivity index (χ1) is 6.90. The van der Waals surface area contributed by atoms with Gasteiger partial charge in [0.25, 0.3) is 0 Å². The minimum Gasteiger partial charge on any atom is -0.465 e. The highest BCUT2D eigenvalue weighted by Crippen LogP contribution is 2.18. The van der Waals surface area contributed by atoms with Gasteiger partial charge in [0, 0.05) is 0 Å². The van der Waals surface area contributed by atoms with Crippen LogP contribution in [0.3, 0.4) is 0 Å². The van der Waals surface area contributed by atoms with Crippen LogP contribution < -0.4 is 0 Å². The van der Waals surface area contributed by atoms with Crippen LogP contribution in [0, 0.1) is 17.4 Å². The monoisotopic (exact) mass is 226 g/mol. The molecule has 0 radical (unpaired) electrons. The Morgan fingerprint density at radius 1 is 1.53 bits per heavy atom. The van der Waals surface area contributed by atoms with Crippen LogP contribution in [-0.2, 0) is 9.53 Å². The molecular weight excluding hydrogens is 208 g/mol. The Balaban J connectivity index is 2.62. The fourth-order valence-electron chi connectivity index (χ4n) is 1.38. The summed E-state index contributed by atoms with van der Waals surface area (Å²) in [4.78, 5) is 11.3. The van der Waals surface area contributed by atoms with Crippen molar-refractivity contribution in [3.8, 4) is 11.5 Å². The molecule has 15 heavy (non-hydrogen) atoms. The fourth-order valence-corrected chi connectivity index (χ4v) is 1.96. The van der Waals surface area contributed by atoms with E-state index >= 15 is 0 Å². The minimum atomic E-state index is -1.48. The third-order valence-corrected chi connectivity index (χ3v) is 3.08. The minimum absolute atomic E-state index is 0.307. The number of aliphatic hydroxyl groups excluding tert-OH is 1. The SMILES string of the molecule is C[Si](C)(C)C#C[C@H](O)[C@@H]1CCCOC1=O. The molecule has 1 aliphatic rings. The second-order valence-corrected chi connectivity index (χ2v) is 9.63. The highest BCUT2D eigenvalue weighted by molar-refractivity contribution is 6.83. The summed E-state index contributed by atoms with van der Waals surface area (Å²) >= 11 is 0. The molecule has 1 rings (SSSR count). The van der Waals surface area contributed by atoms with Gasteiger partial charge in [-0.25, -0.2) is 0 Å². The maximum Gasteiger partial charge on any atom is 0.312 e. The number of ether oxygens (including phenoxy) is 1. The van der Waals surface area contributed by atoms with Crippen molar-refractivity contribution in [2.75, 3.05) is 6.61 Å². The van der Waals surface area contributed by atoms with E-state index in [1.165, 1.54) is 0 Å². The molecule has 0 bridgehead atoms. The molecule has 84 valence electrons. The Bertz CT molecular complexity index is 295. The van der Waals surface area contributed by atoms with E-state index in [1.807, 2.05) is 0 Å². The first kappa shape index (κ1) is 12.3. The Morgan fingerprint density at radius 3 is 2.73 bits per heavy atom. The fraction of sp³-hybridized carbons (Fsp3) is 0.727. The molecule has 1 heterocycles. The zero-order valence-corrected chi connectivity index (χ0v) is 10.5. The van der Waals surface area contributed by atoms with Crippen molar-refractivity contribution >= 4 is 14.0 Å². The third-order valence-electron chi connectivity index (χ3n) is 2.18. The average Bonchev–Trinajstić information content (AvgIpc) is 2.14. The smallest absolute Gasteiger partial charge is 0.312 e. The van der Waals surface area contributed by atoms with Crippen LogP contribution in [0.1, 0.15) is 12.8 Å². The van der Waals surface area contributed by atoms with Crippen LogP contribution in [0.15, 0.2) is 0 Å². The van der Waals surface area contributed by atoms with Gasteiger partial charge in [0.1, 0.15) is 14.2 Å². The van der Waals surface area contributed by atoms with E-state index in [1.54, 1.807) is 0 Å². The molecule has 0 aromatic rings.